The molecule has 0 radical (unpaired) electrons. The fourth-order valence-electron chi connectivity index (χ4n) is 1.65. The van der Waals surface area contributed by atoms with Gasteiger partial charge in [-0.1, -0.05) is 24.3 Å². The molecule has 0 saturated heterocycles. The maximum Gasteiger partial charge on any atom is 0.248 e. The monoisotopic (exact) mass is 241 g/mol. The number of nitrogens with two attached hydrogens (primary N) is 1. The quantitative estimate of drug-likeness (QED) is 0.894. The first-order valence-corrected chi connectivity index (χ1v) is 5.74. The molecule has 2 N–H and O–H groups in total. The van der Waals surface area contributed by atoms with Crippen LogP contribution in [0.4, 0.5) is 0 Å². The van der Waals surface area contributed by atoms with E-state index in [0.29, 0.717) is 12.2 Å². The summed E-state index contributed by atoms with van der Waals surface area (Å²) in [5, 5.41) is 0. The summed E-state index contributed by atoms with van der Waals surface area (Å²) >= 11 is 0. The third kappa shape index (κ3) is 2.88. The summed E-state index contributed by atoms with van der Waals surface area (Å²) in [5.74, 6) is 0.295. The van der Waals surface area contributed by atoms with Gasteiger partial charge in [0.25, 0.3) is 0 Å². The number of hydrogen-bond acceptors (Lipinski definition) is 2. The lowest BCUT2D eigenvalue weighted by Crippen LogP contribution is -2.10. The number of rotatable bonds is 4. The van der Waals surface area contributed by atoms with Gasteiger partial charge in [-0.15, -0.1) is 0 Å². The Bertz CT molecular complexity index is 547. The number of aryl methyl sites for hydroxylation is 1. The van der Waals surface area contributed by atoms with Crippen LogP contribution in [0.1, 0.15) is 21.5 Å². The molecule has 0 fully saturated rings. The first-order valence-electron chi connectivity index (χ1n) is 5.74. The van der Waals surface area contributed by atoms with E-state index in [0.717, 1.165) is 11.3 Å². The molecule has 3 heteroatoms. The van der Waals surface area contributed by atoms with E-state index in [9.17, 15) is 4.79 Å². The van der Waals surface area contributed by atoms with Crippen LogP contribution in [-0.4, -0.2) is 5.91 Å². The summed E-state index contributed by atoms with van der Waals surface area (Å²) < 4.78 is 5.66. The van der Waals surface area contributed by atoms with Crippen molar-refractivity contribution in [2.75, 3.05) is 0 Å². The van der Waals surface area contributed by atoms with E-state index >= 15 is 0 Å². The zero-order chi connectivity index (χ0) is 13.0. The second kappa shape index (κ2) is 5.36. The first kappa shape index (κ1) is 12.2. The van der Waals surface area contributed by atoms with Crippen LogP contribution in [0, 0.1) is 6.92 Å². The predicted octanol–water partition coefficient (Wildman–Crippen LogP) is 2.67. The normalized spacial score (nSPS) is 10.1. The van der Waals surface area contributed by atoms with E-state index in [1.807, 2.05) is 18.2 Å². The van der Waals surface area contributed by atoms with Gasteiger partial charge < -0.3 is 10.5 Å². The molecule has 3 nitrogen and oxygen atoms in total. The summed E-state index contributed by atoms with van der Waals surface area (Å²) in [7, 11) is 0. The summed E-state index contributed by atoms with van der Waals surface area (Å²) in [5.41, 5.74) is 8.00. The van der Waals surface area contributed by atoms with E-state index in [1.54, 1.807) is 24.3 Å². The number of carbonyl (C=O) groups excluding carboxylic acids is 1. The molecule has 18 heavy (non-hydrogen) atoms. The van der Waals surface area contributed by atoms with Crippen molar-refractivity contribution in [1.82, 2.24) is 0 Å². The molecule has 0 spiro atoms. The zero-order valence-electron chi connectivity index (χ0n) is 10.2. The molecule has 92 valence electrons. The van der Waals surface area contributed by atoms with Crippen molar-refractivity contribution in [2.24, 2.45) is 5.73 Å². The van der Waals surface area contributed by atoms with Gasteiger partial charge in [0.05, 0.1) is 0 Å². The lowest BCUT2D eigenvalue weighted by molar-refractivity contribution is 0.100. The second-order valence-electron chi connectivity index (χ2n) is 4.10. The minimum Gasteiger partial charge on any atom is -0.489 e. The fraction of sp³-hybridized carbons (Fsp3) is 0.133. The SMILES string of the molecule is Cc1ccccc1COc1ccc(C(N)=O)cc1. The van der Waals surface area contributed by atoms with Gasteiger partial charge in [-0.05, 0) is 42.3 Å². The molecule has 0 aromatic heterocycles. The molecule has 0 atom stereocenters. The van der Waals surface area contributed by atoms with Gasteiger partial charge in [-0.3, -0.25) is 4.79 Å². The molecular formula is C15H15NO2. The molecule has 0 bridgehead atoms. The second-order valence-corrected chi connectivity index (χ2v) is 4.10. The Morgan fingerprint density at radius 2 is 1.78 bits per heavy atom. The van der Waals surface area contributed by atoms with Crippen molar-refractivity contribution in [3.63, 3.8) is 0 Å². The first-order chi connectivity index (χ1) is 8.66. The Morgan fingerprint density at radius 3 is 2.39 bits per heavy atom. The number of amides is 1. The Kier molecular flexibility index (Phi) is 3.63. The maximum atomic E-state index is 10.9. The third-order valence-corrected chi connectivity index (χ3v) is 2.79. The smallest absolute Gasteiger partial charge is 0.248 e. The summed E-state index contributed by atoms with van der Waals surface area (Å²) in [6.07, 6.45) is 0. The number of carbonyl (C=O) groups is 1. The molecule has 0 aliphatic rings. The molecule has 2 aromatic carbocycles. The van der Waals surface area contributed by atoms with Crippen molar-refractivity contribution in [3.05, 3.63) is 65.2 Å². The van der Waals surface area contributed by atoms with Gasteiger partial charge in [0, 0.05) is 5.56 Å². The van der Waals surface area contributed by atoms with Crippen molar-refractivity contribution >= 4 is 5.91 Å². The van der Waals surface area contributed by atoms with Gasteiger partial charge in [0.2, 0.25) is 5.91 Å². The summed E-state index contributed by atoms with van der Waals surface area (Å²) in [6, 6.07) is 14.9. The molecular weight excluding hydrogens is 226 g/mol. The third-order valence-electron chi connectivity index (χ3n) is 2.79. The lowest BCUT2D eigenvalue weighted by atomic mass is 10.1. The van der Waals surface area contributed by atoms with E-state index < -0.39 is 5.91 Å². The summed E-state index contributed by atoms with van der Waals surface area (Å²) in [6.45, 7) is 2.57. The van der Waals surface area contributed by atoms with Gasteiger partial charge in [-0.2, -0.15) is 0 Å². The van der Waals surface area contributed by atoms with Crippen LogP contribution in [0.3, 0.4) is 0 Å². The maximum absolute atomic E-state index is 10.9. The van der Waals surface area contributed by atoms with Crippen molar-refractivity contribution < 1.29 is 9.53 Å². The molecule has 0 unspecified atom stereocenters. The highest BCUT2D eigenvalue weighted by Gasteiger charge is 2.01. The highest BCUT2D eigenvalue weighted by Crippen LogP contribution is 2.15. The standard InChI is InChI=1S/C15H15NO2/c1-11-4-2-3-5-13(11)10-18-14-8-6-12(7-9-14)15(16)17/h2-9H,10H2,1H3,(H2,16,17). The Labute approximate surface area is 106 Å². The van der Waals surface area contributed by atoms with Crippen molar-refractivity contribution in [1.29, 1.82) is 0 Å². The minimum absolute atomic E-state index is 0.430. The minimum atomic E-state index is -0.430. The van der Waals surface area contributed by atoms with E-state index in [-0.39, 0.29) is 0 Å². The fourth-order valence-corrected chi connectivity index (χ4v) is 1.65. The van der Waals surface area contributed by atoms with Crippen molar-refractivity contribution in [3.8, 4) is 5.75 Å². The molecule has 0 heterocycles. The number of benzene rings is 2. The average Bonchev–Trinajstić information content (AvgIpc) is 2.38. The van der Waals surface area contributed by atoms with Crippen LogP contribution in [0.5, 0.6) is 5.75 Å². The van der Waals surface area contributed by atoms with Crippen LogP contribution in [0.2, 0.25) is 0 Å². The van der Waals surface area contributed by atoms with Crippen LogP contribution >= 0.6 is 0 Å². The number of hydrogen-bond donors (Lipinski definition) is 1. The topological polar surface area (TPSA) is 52.3 Å². The van der Waals surface area contributed by atoms with Gasteiger partial charge in [-0.25, -0.2) is 0 Å². The molecule has 0 aliphatic carbocycles. The lowest BCUT2D eigenvalue weighted by Gasteiger charge is -2.08. The highest BCUT2D eigenvalue weighted by molar-refractivity contribution is 5.92. The van der Waals surface area contributed by atoms with E-state index in [4.69, 9.17) is 10.5 Å². The van der Waals surface area contributed by atoms with Gasteiger partial charge in [0.15, 0.2) is 0 Å². The van der Waals surface area contributed by atoms with Crippen LogP contribution in [-0.2, 0) is 6.61 Å². The largest absolute Gasteiger partial charge is 0.489 e. The van der Waals surface area contributed by atoms with E-state index in [1.165, 1.54) is 5.56 Å². The highest BCUT2D eigenvalue weighted by atomic mass is 16.5. The van der Waals surface area contributed by atoms with Gasteiger partial charge >= 0.3 is 0 Å². The number of primary amides is 1. The molecule has 0 saturated carbocycles. The number of ether oxygens (including phenoxy) is 1. The van der Waals surface area contributed by atoms with Crippen LogP contribution in [0.15, 0.2) is 48.5 Å². The van der Waals surface area contributed by atoms with Gasteiger partial charge in [0.1, 0.15) is 12.4 Å². The van der Waals surface area contributed by atoms with Crippen LogP contribution in [0.25, 0.3) is 0 Å². The average molecular weight is 241 g/mol. The molecule has 2 aromatic rings. The zero-order valence-corrected chi connectivity index (χ0v) is 10.2. The summed E-state index contributed by atoms with van der Waals surface area (Å²) in [4.78, 5) is 10.9. The Morgan fingerprint density at radius 1 is 1.11 bits per heavy atom. The van der Waals surface area contributed by atoms with Crippen molar-refractivity contribution in [2.45, 2.75) is 13.5 Å². The molecule has 1 amide bonds. The molecule has 0 aliphatic heterocycles. The molecule has 2 rings (SSSR count). The van der Waals surface area contributed by atoms with Crippen LogP contribution < -0.4 is 10.5 Å². The Hall–Kier alpha value is -2.29. The predicted molar refractivity (Wildman–Crippen MR) is 70.5 cm³/mol. The Balaban J connectivity index is 2.02. The van der Waals surface area contributed by atoms with E-state index in [2.05, 4.69) is 13.0 Å².